The number of hydrogen-bond acceptors (Lipinski definition) is 4. The van der Waals surface area contributed by atoms with Crippen LogP contribution in [0.15, 0.2) is 30.5 Å². The Hall–Kier alpha value is -1.39. The summed E-state index contributed by atoms with van der Waals surface area (Å²) < 4.78 is 0. The quantitative estimate of drug-likeness (QED) is 0.616. The van der Waals surface area contributed by atoms with Gasteiger partial charge in [-0.15, -0.1) is 0 Å². The molecule has 1 rings (SSSR count). The summed E-state index contributed by atoms with van der Waals surface area (Å²) in [6.07, 6.45) is 0. The molecule has 88 valence electrons. The Labute approximate surface area is 100 Å². The first kappa shape index (κ1) is 12.7. The van der Waals surface area contributed by atoms with Crippen LogP contribution in [0, 0.1) is 0 Å². The van der Waals surface area contributed by atoms with E-state index in [9.17, 15) is 0 Å². The van der Waals surface area contributed by atoms with E-state index in [0.29, 0.717) is 11.6 Å². The van der Waals surface area contributed by atoms with Crippen molar-refractivity contribution in [2.75, 3.05) is 31.1 Å². The molecule has 0 aliphatic carbocycles. The molecule has 4 nitrogen and oxygen atoms in total. The van der Waals surface area contributed by atoms with Gasteiger partial charge < -0.3 is 10.0 Å². The number of benzene rings is 1. The molecule has 0 radical (unpaired) electrons. The maximum atomic E-state index is 9.15. The van der Waals surface area contributed by atoms with Crippen molar-refractivity contribution in [1.82, 2.24) is 0 Å². The molecular weight excluding hydrogens is 228 g/mol. The van der Waals surface area contributed by atoms with Gasteiger partial charge >= 0.3 is 0 Å². The topological polar surface area (TPSA) is 44.7 Å². The number of nitrogens with one attached hydrogen (secondary N) is 1. The number of aliphatic hydroxyl groups excluding tert-OH is 1. The van der Waals surface area contributed by atoms with Crippen LogP contribution in [0.1, 0.15) is 0 Å². The van der Waals surface area contributed by atoms with Crippen LogP contribution in [0.3, 0.4) is 0 Å². The van der Waals surface area contributed by atoms with Crippen molar-refractivity contribution in [1.29, 1.82) is 0 Å². The largest absolute Gasteiger partial charge is 0.511 e. The molecule has 1 aromatic rings. The van der Waals surface area contributed by atoms with Gasteiger partial charge in [-0.2, -0.15) is 0 Å². The zero-order valence-corrected chi connectivity index (χ0v) is 10.1. The molecular formula is C11H15ClN2O2. The molecule has 5 heteroatoms. The summed E-state index contributed by atoms with van der Waals surface area (Å²) in [5.41, 5.74) is 4.34. The second-order valence-electron chi connectivity index (χ2n) is 3.39. The van der Waals surface area contributed by atoms with Gasteiger partial charge in [0.2, 0.25) is 0 Å². The van der Waals surface area contributed by atoms with E-state index >= 15 is 0 Å². The van der Waals surface area contributed by atoms with Crippen molar-refractivity contribution in [3.63, 3.8) is 0 Å². The summed E-state index contributed by atoms with van der Waals surface area (Å²) in [5.74, 6) is 0.0887. The lowest BCUT2D eigenvalue weighted by Crippen LogP contribution is -2.21. The number of nitrogens with zero attached hydrogens (tertiary/aromatic N) is 1. The van der Waals surface area contributed by atoms with Gasteiger partial charge in [-0.3, -0.25) is 10.3 Å². The molecule has 0 atom stereocenters. The van der Waals surface area contributed by atoms with E-state index in [1.807, 2.05) is 11.9 Å². The van der Waals surface area contributed by atoms with Gasteiger partial charge in [0.1, 0.15) is 5.76 Å². The third-order valence-electron chi connectivity index (χ3n) is 2.00. The van der Waals surface area contributed by atoms with E-state index in [4.69, 9.17) is 21.5 Å². The maximum Gasteiger partial charge on any atom is 0.104 e. The minimum absolute atomic E-state index is 0.0887. The van der Waals surface area contributed by atoms with Crippen molar-refractivity contribution in [3.8, 4) is 0 Å². The van der Waals surface area contributed by atoms with Gasteiger partial charge in [-0.25, -0.2) is 0 Å². The molecule has 0 amide bonds. The average Bonchev–Trinajstić information content (AvgIpc) is 2.20. The molecule has 0 heterocycles. The molecule has 0 aromatic heterocycles. The number of likely N-dealkylation sites (N-methyl/N-ethyl adjacent to an activating group) is 1. The molecule has 0 bridgehead atoms. The lowest BCUT2D eigenvalue weighted by atomic mass is 10.2. The Morgan fingerprint density at radius 2 is 2.31 bits per heavy atom. The summed E-state index contributed by atoms with van der Waals surface area (Å²) >= 11 is 5.92. The molecule has 0 aliphatic heterocycles. The summed E-state index contributed by atoms with van der Waals surface area (Å²) in [6.45, 7) is 3.78. The zero-order valence-electron chi connectivity index (χ0n) is 9.33. The molecule has 0 unspecified atom stereocenters. The van der Waals surface area contributed by atoms with Gasteiger partial charge in [-0.05, 0) is 18.2 Å². The fourth-order valence-corrected chi connectivity index (χ4v) is 1.54. The highest BCUT2D eigenvalue weighted by Crippen LogP contribution is 2.28. The Kier molecular flexibility index (Phi) is 4.46. The van der Waals surface area contributed by atoms with Gasteiger partial charge in [-0.1, -0.05) is 18.2 Å². The smallest absolute Gasteiger partial charge is 0.104 e. The highest BCUT2D eigenvalue weighted by Gasteiger charge is 2.09. The Balaban J connectivity index is 2.98. The Morgan fingerprint density at radius 1 is 1.62 bits per heavy atom. The predicted octanol–water partition coefficient (Wildman–Crippen LogP) is 2.82. The standard InChI is InChI=1S/C11H15ClN2O2/c1-8(15)7-14(2)11-6-9(12)4-5-10(11)13-16-3/h4-6,13,15H,1,7H2,2-3H3. The summed E-state index contributed by atoms with van der Waals surface area (Å²) in [5, 5.41) is 9.77. The minimum atomic E-state index is 0.0887. The molecule has 16 heavy (non-hydrogen) atoms. The molecule has 1 aromatic carbocycles. The van der Waals surface area contributed by atoms with Crippen LogP contribution in [0.5, 0.6) is 0 Å². The van der Waals surface area contributed by atoms with E-state index in [2.05, 4.69) is 12.1 Å². The first-order chi connectivity index (χ1) is 7.54. The van der Waals surface area contributed by atoms with Crippen molar-refractivity contribution >= 4 is 23.0 Å². The third-order valence-corrected chi connectivity index (χ3v) is 2.24. The fraction of sp³-hybridized carbons (Fsp3) is 0.273. The van der Waals surface area contributed by atoms with Gasteiger partial charge in [0, 0.05) is 12.1 Å². The second kappa shape index (κ2) is 5.63. The molecule has 0 fully saturated rings. The maximum absolute atomic E-state index is 9.15. The normalized spacial score (nSPS) is 9.94. The van der Waals surface area contributed by atoms with Gasteiger partial charge in [0.05, 0.1) is 25.0 Å². The molecule has 2 N–H and O–H groups in total. The minimum Gasteiger partial charge on any atom is -0.511 e. The highest BCUT2D eigenvalue weighted by molar-refractivity contribution is 6.31. The lowest BCUT2D eigenvalue weighted by Gasteiger charge is -2.22. The summed E-state index contributed by atoms with van der Waals surface area (Å²) in [6, 6.07) is 5.34. The van der Waals surface area contributed by atoms with Crippen molar-refractivity contribution < 1.29 is 9.94 Å². The second-order valence-corrected chi connectivity index (χ2v) is 3.83. The number of hydrogen-bond donors (Lipinski definition) is 2. The number of aliphatic hydroxyl groups is 1. The monoisotopic (exact) mass is 242 g/mol. The van der Waals surface area contributed by atoms with Crippen LogP contribution < -0.4 is 10.4 Å². The van der Waals surface area contributed by atoms with E-state index in [-0.39, 0.29) is 5.76 Å². The van der Waals surface area contributed by atoms with Crippen LogP contribution in [0.2, 0.25) is 5.02 Å². The highest BCUT2D eigenvalue weighted by atomic mass is 35.5. The number of anilines is 2. The molecule has 0 aliphatic rings. The molecule has 0 saturated carbocycles. The lowest BCUT2D eigenvalue weighted by molar-refractivity contribution is 0.271. The first-order valence-corrected chi connectivity index (χ1v) is 5.09. The third kappa shape index (κ3) is 3.32. The van der Waals surface area contributed by atoms with Crippen molar-refractivity contribution in [2.24, 2.45) is 0 Å². The Morgan fingerprint density at radius 3 is 2.88 bits per heavy atom. The van der Waals surface area contributed by atoms with Crippen molar-refractivity contribution in [2.45, 2.75) is 0 Å². The van der Waals surface area contributed by atoms with Crippen molar-refractivity contribution in [3.05, 3.63) is 35.6 Å². The van der Waals surface area contributed by atoms with E-state index in [1.54, 1.807) is 18.2 Å². The van der Waals surface area contributed by atoms with E-state index in [1.165, 1.54) is 7.11 Å². The van der Waals surface area contributed by atoms with Crippen LogP contribution in [-0.4, -0.2) is 25.8 Å². The number of halogens is 1. The average molecular weight is 243 g/mol. The predicted molar refractivity (Wildman–Crippen MR) is 67.1 cm³/mol. The number of rotatable bonds is 5. The summed E-state index contributed by atoms with van der Waals surface area (Å²) in [4.78, 5) is 6.67. The fourth-order valence-electron chi connectivity index (χ4n) is 1.38. The van der Waals surface area contributed by atoms with E-state index in [0.717, 1.165) is 11.4 Å². The van der Waals surface area contributed by atoms with Crippen LogP contribution in [0.25, 0.3) is 0 Å². The summed E-state index contributed by atoms with van der Waals surface area (Å²) in [7, 11) is 3.36. The SMILES string of the molecule is C=C(O)CN(C)c1cc(Cl)ccc1NOC. The van der Waals surface area contributed by atoms with Crippen LogP contribution in [0.4, 0.5) is 11.4 Å². The zero-order chi connectivity index (χ0) is 12.1. The van der Waals surface area contributed by atoms with Gasteiger partial charge in [0.25, 0.3) is 0 Å². The van der Waals surface area contributed by atoms with Gasteiger partial charge in [0.15, 0.2) is 0 Å². The first-order valence-electron chi connectivity index (χ1n) is 4.71. The molecule has 0 saturated heterocycles. The Bertz CT molecular complexity index is 382. The van der Waals surface area contributed by atoms with Crippen LogP contribution in [-0.2, 0) is 4.84 Å². The van der Waals surface area contributed by atoms with E-state index < -0.39 is 0 Å². The van der Waals surface area contributed by atoms with Crippen LogP contribution >= 0.6 is 11.6 Å². The molecule has 0 spiro atoms.